The van der Waals surface area contributed by atoms with E-state index in [9.17, 15) is 13.2 Å². The predicted octanol–water partition coefficient (Wildman–Crippen LogP) is 3.86. The quantitative estimate of drug-likeness (QED) is 0.238. The first-order valence-corrected chi connectivity index (χ1v) is 8.73. The number of nitrogens with one attached hydrogen (secondary N) is 2. The van der Waals surface area contributed by atoms with E-state index < -0.39 is 11.7 Å². The number of aromatic nitrogens is 1. The lowest BCUT2D eigenvalue weighted by Crippen LogP contribution is -2.39. The molecule has 6 nitrogen and oxygen atoms in total. The largest absolute Gasteiger partial charge is 0.497 e. The summed E-state index contributed by atoms with van der Waals surface area (Å²) in [6.07, 6.45) is -3.66. The Hall–Kier alpha value is -2.24. The third-order valence-corrected chi connectivity index (χ3v) is 3.61. The van der Waals surface area contributed by atoms with Crippen LogP contribution in [0, 0.1) is 0 Å². The Morgan fingerprint density at radius 3 is 2.59 bits per heavy atom. The average Bonchev–Trinajstić information content (AvgIpc) is 2.69. The van der Waals surface area contributed by atoms with Crippen molar-refractivity contribution in [2.45, 2.75) is 19.6 Å². The van der Waals surface area contributed by atoms with Crippen LogP contribution in [0.25, 0.3) is 0 Å². The maximum Gasteiger partial charge on any atom is 0.417 e. The van der Waals surface area contributed by atoms with Crippen LogP contribution in [0.5, 0.6) is 11.6 Å². The van der Waals surface area contributed by atoms with E-state index in [2.05, 4.69) is 20.6 Å². The van der Waals surface area contributed by atoms with Gasteiger partial charge >= 0.3 is 6.18 Å². The van der Waals surface area contributed by atoms with Crippen molar-refractivity contribution in [1.82, 2.24) is 15.6 Å². The van der Waals surface area contributed by atoms with Gasteiger partial charge in [0.1, 0.15) is 12.4 Å². The van der Waals surface area contributed by atoms with Crippen molar-refractivity contribution < 1.29 is 22.6 Å². The van der Waals surface area contributed by atoms with E-state index in [1.165, 1.54) is 6.07 Å². The first kappa shape index (κ1) is 24.8. The van der Waals surface area contributed by atoms with E-state index in [1.54, 1.807) is 7.11 Å². The summed E-state index contributed by atoms with van der Waals surface area (Å²) in [6, 6.07) is 9.76. The number of hydrogen-bond donors (Lipinski definition) is 2. The molecule has 0 aliphatic heterocycles. The number of ether oxygens (including phenoxy) is 2. The van der Waals surface area contributed by atoms with Crippen molar-refractivity contribution in [3.63, 3.8) is 0 Å². The summed E-state index contributed by atoms with van der Waals surface area (Å²) in [5.41, 5.74) is 0.193. The lowest BCUT2D eigenvalue weighted by molar-refractivity contribution is -0.137. The van der Waals surface area contributed by atoms with Crippen molar-refractivity contribution in [2.24, 2.45) is 4.99 Å². The topological polar surface area (TPSA) is 67.8 Å². The van der Waals surface area contributed by atoms with Gasteiger partial charge < -0.3 is 20.1 Å². The maximum absolute atomic E-state index is 12.5. The van der Waals surface area contributed by atoms with E-state index >= 15 is 0 Å². The molecule has 29 heavy (non-hydrogen) atoms. The van der Waals surface area contributed by atoms with Crippen LogP contribution < -0.4 is 20.1 Å². The van der Waals surface area contributed by atoms with E-state index in [0.29, 0.717) is 25.6 Å². The Labute approximate surface area is 184 Å². The minimum atomic E-state index is -4.41. The summed E-state index contributed by atoms with van der Waals surface area (Å²) in [5.74, 6) is 1.51. The highest BCUT2D eigenvalue weighted by molar-refractivity contribution is 14.0. The molecular formula is C19H24F3IN4O2. The summed E-state index contributed by atoms with van der Waals surface area (Å²) in [6.45, 7) is 3.74. The summed E-state index contributed by atoms with van der Waals surface area (Å²) in [4.78, 5) is 8.15. The molecule has 160 valence electrons. The molecule has 0 unspecified atom stereocenters. The molecule has 1 aromatic heterocycles. The van der Waals surface area contributed by atoms with E-state index in [1.807, 2.05) is 31.2 Å². The van der Waals surface area contributed by atoms with E-state index in [-0.39, 0.29) is 36.5 Å². The van der Waals surface area contributed by atoms with Crippen LogP contribution in [-0.2, 0) is 12.7 Å². The van der Waals surface area contributed by atoms with Gasteiger partial charge in [0, 0.05) is 18.8 Å². The third kappa shape index (κ3) is 8.75. The monoisotopic (exact) mass is 524 g/mol. The molecular weight excluding hydrogens is 500 g/mol. The zero-order valence-electron chi connectivity index (χ0n) is 16.1. The molecule has 0 fully saturated rings. The Morgan fingerprint density at radius 1 is 1.17 bits per heavy atom. The van der Waals surface area contributed by atoms with Gasteiger partial charge in [-0.05, 0) is 30.7 Å². The highest BCUT2D eigenvalue weighted by Crippen LogP contribution is 2.29. The lowest BCUT2D eigenvalue weighted by Gasteiger charge is -2.12. The third-order valence-electron chi connectivity index (χ3n) is 3.61. The molecule has 0 atom stereocenters. The molecule has 0 amide bonds. The van der Waals surface area contributed by atoms with Crippen LogP contribution in [0.2, 0.25) is 0 Å². The second-order valence-corrected chi connectivity index (χ2v) is 5.70. The normalized spacial score (nSPS) is 11.4. The molecule has 2 rings (SSSR count). The number of alkyl halides is 3. The Bertz CT molecular complexity index is 771. The van der Waals surface area contributed by atoms with Crippen LogP contribution >= 0.6 is 24.0 Å². The molecule has 1 heterocycles. The molecule has 0 saturated carbocycles. The van der Waals surface area contributed by atoms with E-state index in [4.69, 9.17) is 9.47 Å². The van der Waals surface area contributed by atoms with Crippen molar-refractivity contribution in [3.05, 3.63) is 53.7 Å². The van der Waals surface area contributed by atoms with Crippen LogP contribution in [0.4, 0.5) is 13.2 Å². The van der Waals surface area contributed by atoms with Gasteiger partial charge in [-0.3, -0.25) is 0 Å². The van der Waals surface area contributed by atoms with Crippen LogP contribution in [0.15, 0.2) is 47.6 Å². The van der Waals surface area contributed by atoms with Gasteiger partial charge in [0.05, 0.1) is 25.8 Å². The standard InChI is InChI=1S/C19H23F3N4O2.HI/c1-3-23-18(26-12-14-5-4-6-16(11-14)27-2)24-9-10-28-17-8-7-15(13-25-17)19(20,21)22;/h4-8,11,13H,3,9-10,12H2,1-2H3,(H2,23,24,26);1H. The number of pyridine rings is 1. The van der Waals surface area contributed by atoms with Crippen molar-refractivity contribution >= 4 is 29.9 Å². The summed E-state index contributed by atoms with van der Waals surface area (Å²) >= 11 is 0. The number of benzene rings is 1. The molecule has 0 aliphatic carbocycles. The zero-order valence-corrected chi connectivity index (χ0v) is 18.5. The Balaban J connectivity index is 0.00000420. The van der Waals surface area contributed by atoms with Gasteiger partial charge in [-0.15, -0.1) is 24.0 Å². The zero-order chi connectivity index (χ0) is 20.4. The number of hydrogen-bond acceptors (Lipinski definition) is 4. The molecule has 2 N–H and O–H groups in total. The van der Waals surface area contributed by atoms with Crippen LogP contribution in [-0.4, -0.2) is 37.7 Å². The van der Waals surface area contributed by atoms with Crippen molar-refractivity contribution in [2.75, 3.05) is 26.8 Å². The molecule has 0 saturated heterocycles. The first-order chi connectivity index (χ1) is 13.4. The highest BCUT2D eigenvalue weighted by atomic mass is 127. The predicted molar refractivity (Wildman–Crippen MR) is 116 cm³/mol. The van der Waals surface area contributed by atoms with Gasteiger partial charge in [0.2, 0.25) is 5.88 Å². The van der Waals surface area contributed by atoms with Gasteiger partial charge in [-0.25, -0.2) is 9.98 Å². The Morgan fingerprint density at radius 2 is 1.97 bits per heavy atom. The second kappa shape index (κ2) is 12.3. The molecule has 2 aromatic rings. The van der Waals surface area contributed by atoms with Crippen LogP contribution in [0.1, 0.15) is 18.1 Å². The first-order valence-electron chi connectivity index (χ1n) is 8.73. The number of halogens is 4. The van der Waals surface area contributed by atoms with Gasteiger partial charge in [0.25, 0.3) is 0 Å². The fourth-order valence-corrected chi connectivity index (χ4v) is 2.24. The number of aliphatic imine (C=N–C) groups is 1. The van der Waals surface area contributed by atoms with Gasteiger partial charge in [-0.1, -0.05) is 12.1 Å². The maximum atomic E-state index is 12.5. The number of rotatable bonds is 8. The number of nitrogens with zero attached hydrogens (tertiary/aromatic N) is 2. The number of guanidine groups is 1. The van der Waals surface area contributed by atoms with E-state index in [0.717, 1.165) is 23.6 Å². The molecule has 0 aliphatic rings. The summed E-state index contributed by atoms with van der Waals surface area (Å²) in [5, 5.41) is 6.22. The lowest BCUT2D eigenvalue weighted by atomic mass is 10.2. The molecule has 0 radical (unpaired) electrons. The number of methoxy groups -OCH3 is 1. The van der Waals surface area contributed by atoms with Gasteiger partial charge in [-0.2, -0.15) is 13.2 Å². The smallest absolute Gasteiger partial charge is 0.417 e. The fourth-order valence-electron chi connectivity index (χ4n) is 2.24. The van der Waals surface area contributed by atoms with Gasteiger partial charge in [0.15, 0.2) is 5.96 Å². The second-order valence-electron chi connectivity index (χ2n) is 5.70. The van der Waals surface area contributed by atoms with Crippen molar-refractivity contribution in [3.8, 4) is 11.6 Å². The molecule has 1 aromatic carbocycles. The molecule has 0 bridgehead atoms. The summed E-state index contributed by atoms with van der Waals surface area (Å²) < 4.78 is 48.1. The van der Waals surface area contributed by atoms with Crippen molar-refractivity contribution in [1.29, 1.82) is 0 Å². The molecule has 0 spiro atoms. The minimum absolute atomic E-state index is 0. The minimum Gasteiger partial charge on any atom is -0.497 e. The SMILES string of the molecule is CCNC(=NCc1cccc(OC)c1)NCCOc1ccc(C(F)(F)F)cn1.I. The molecule has 10 heteroatoms. The fraction of sp³-hybridized carbons (Fsp3) is 0.368. The highest BCUT2D eigenvalue weighted by Gasteiger charge is 2.30. The summed E-state index contributed by atoms with van der Waals surface area (Å²) in [7, 11) is 1.61. The van der Waals surface area contributed by atoms with Crippen LogP contribution in [0.3, 0.4) is 0 Å². The Kier molecular flexibility index (Phi) is 10.6. The average molecular weight is 524 g/mol.